The number of amides is 1. The second-order valence-corrected chi connectivity index (χ2v) is 5.73. The third-order valence-electron chi connectivity index (χ3n) is 3.85. The fraction of sp³-hybridized carbons (Fsp3) is 0.105. The van der Waals surface area contributed by atoms with Crippen LogP contribution in [0.25, 0.3) is 10.9 Å². The van der Waals surface area contributed by atoms with E-state index in [1.165, 1.54) is 24.3 Å². The van der Waals surface area contributed by atoms with Crippen molar-refractivity contribution in [2.24, 2.45) is 0 Å². The number of rotatable bonds is 3. The number of nitrogens with zero attached hydrogens (tertiary/aromatic N) is 1. The maximum atomic E-state index is 14.1. The number of hydrogen-bond acceptors (Lipinski definition) is 4. The lowest BCUT2D eigenvalue weighted by Gasteiger charge is -2.11. The summed E-state index contributed by atoms with van der Waals surface area (Å²) in [5.41, 5.74) is -0.0811. The normalized spacial score (nSPS) is 10.7. The molecule has 5 nitrogen and oxygen atoms in total. The average Bonchev–Trinajstić information content (AvgIpc) is 2.62. The van der Waals surface area contributed by atoms with E-state index in [1.807, 2.05) is 0 Å². The van der Waals surface area contributed by atoms with Gasteiger partial charge in [-0.05, 0) is 31.2 Å². The van der Waals surface area contributed by atoms with Gasteiger partial charge in [0.15, 0.2) is 0 Å². The van der Waals surface area contributed by atoms with Gasteiger partial charge >= 0.3 is 5.97 Å². The van der Waals surface area contributed by atoms with Gasteiger partial charge in [-0.3, -0.25) is 9.78 Å². The highest BCUT2D eigenvalue weighted by Gasteiger charge is 2.19. The number of benzene rings is 2. The minimum Gasteiger partial charge on any atom is -0.465 e. The molecule has 0 unspecified atom stereocenters. The molecular weight excluding hydrogens is 361 g/mol. The van der Waals surface area contributed by atoms with Crippen LogP contribution in [0.5, 0.6) is 0 Å². The topological polar surface area (TPSA) is 68.3 Å². The highest BCUT2D eigenvalue weighted by atomic mass is 19.1. The van der Waals surface area contributed by atoms with Crippen LogP contribution in [-0.2, 0) is 4.74 Å². The highest BCUT2D eigenvalue weighted by Crippen LogP contribution is 2.24. The molecule has 0 aliphatic carbocycles. The fourth-order valence-corrected chi connectivity index (χ4v) is 2.62. The number of pyridine rings is 1. The predicted octanol–water partition coefficient (Wildman–Crippen LogP) is 4.00. The Balaban J connectivity index is 2.04. The number of methoxy groups -OCH3 is 1. The second kappa shape index (κ2) is 7.06. The molecule has 0 atom stereocenters. The lowest BCUT2D eigenvalue weighted by molar-refractivity contribution is 0.0595. The number of ether oxygens (including phenoxy) is 1. The molecule has 3 rings (SSSR count). The molecule has 138 valence electrons. The van der Waals surface area contributed by atoms with Crippen molar-refractivity contribution in [1.29, 1.82) is 0 Å². The van der Waals surface area contributed by atoms with Crippen LogP contribution < -0.4 is 5.32 Å². The first-order valence-corrected chi connectivity index (χ1v) is 7.75. The summed E-state index contributed by atoms with van der Waals surface area (Å²) in [5, 5.41) is 2.65. The molecule has 1 heterocycles. The SMILES string of the molecule is COC(=O)c1cc(NC(=O)c2cc(C)nc3cc(F)ccc23)c(F)cc1F. The molecule has 2 aromatic carbocycles. The number of halogens is 3. The van der Waals surface area contributed by atoms with Gasteiger partial charge in [-0.2, -0.15) is 0 Å². The number of fused-ring (bicyclic) bond motifs is 1. The van der Waals surface area contributed by atoms with Crippen molar-refractivity contribution >= 4 is 28.5 Å². The summed E-state index contributed by atoms with van der Waals surface area (Å²) in [6, 6.07) is 6.51. The van der Waals surface area contributed by atoms with Crippen LogP contribution in [-0.4, -0.2) is 24.0 Å². The van der Waals surface area contributed by atoms with Crippen LogP contribution in [0, 0.1) is 24.4 Å². The molecule has 1 aromatic heterocycles. The number of aromatic nitrogens is 1. The van der Waals surface area contributed by atoms with Gasteiger partial charge in [0.2, 0.25) is 0 Å². The molecule has 0 fully saturated rings. The van der Waals surface area contributed by atoms with Crippen molar-refractivity contribution < 1.29 is 27.5 Å². The Morgan fingerprint density at radius 1 is 1.00 bits per heavy atom. The van der Waals surface area contributed by atoms with Crippen LogP contribution in [0.4, 0.5) is 18.9 Å². The van der Waals surface area contributed by atoms with Crippen molar-refractivity contribution in [1.82, 2.24) is 4.98 Å². The lowest BCUT2D eigenvalue weighted by Crippen LogP contribution is -2.16. The third kappa shape index (κ3) is 3.59. The van der Waals surface area contributed by atoms with Crippen LogP contribution in [0.2, 0.25) is 0 Å². The van der Waals surface area contributed by atoms with E-state index in [2.05, 4.69) is 15.0 Å². The Bertz CT molecular complexity index is 1080. The number of carbonyl (C=O) groups is 2. The maximum Gasteiger partial charge on any atom is 0.340 e. The van der Waals surface area contributed by atoms with Gasteiger partial charge in [0, 0.05) is 23.2 Å². The molecule has 0 radical (unpaired) electrons. The zero-order chi connectivity index (χ0) is 19.7. The smallest absolute Gasteiger partial charge is 0.340 e. The predicted molar refractivity (Wildman–Crippen MR) is 92.1 cm³/mol. The Morgan fingerprint density at radius 2 is 1.74 bits per heavy atom. The van der Waals surface area contributed by atoms with E-state index in [1.54, 1.807) is 6.92 Å². The quantitative estimate of drug-likeness (QED) is 0.704. The summed E-state index contributed by atoms with van der Waals surface area (Å²) in [6.45, 7) is 1.62. The zero-order valence-electron chi connectivity index (χ0n) is 14.3. The van der Waals surface area contributed by atoms with Crippen molar-refractivity contribution in [3.05, 3.63) is 70.7 Å². The maximum absolute atomic E-state index is 14.1. The minimum absolute atomic E-state index is 0.126. The Morgan fingerprint density at radius 3 is 2.44 bits per heavy atom. The Labute approximate surface area is 151 Å². The van der Waals surface area contributed by atoms with E-state index in [0.29, 0.717) is 17.1 Å². The van der Waals surface area contributed by atoms with Crippen molar-refractivity contribution in [3.8, 4) is 0 Å². The monoisotopic (exact) mass is 374 g/mol. The summed E-state index contributed by atoms with van der Waals surface area (Å²) < 4.78 is 45.6. The first kappa shape index (κ1) is 18.4. The molecule has 0 saturated heterocycles. The third-order valence-corrected chi connectivity index (χ3v) is 3.85. The molecule has 0 spiro atoms. The van der Waals surface area contributed by atoms with Gasteiger partial charge in [0.25, 0.3) is 5.91 Å². The number of anilines is 1. The standard InChI is InChI=1S/C19H13F3N2O3/c1-9-5-12(11-4-3-10(20)6-16(11)23-9)18(25)24-17-7-13(19(26)27-2)14(21)8-15(17)22/h3-8H,1-2H3,(H,24,25). The summed E-state index contributed by atoms with van der Waals surface area (Å²) in [6.07, 6.45) is 0. The number of hydrogen-bond donors (Lipinski definition) is 1. The number of nitrogens with one attached hydrogen (secondary N) is 1. The molecule has 1 amide bonds. The van der Waals surface area contributed by atoms with Gasteiger partial charge in [0.1, 0.15) is 17.5 Å². The van der Waals surface area contributed by atoms with Gasteiger partial charge in [-0.15, -0.1) is 0 Å². The summed E-state index contributed by atoms with van der Waals surface area (Å²) >= 11 is 0. The molecule has 0 aliphatic heterocycles. The van der Waals surface area contributed by atoms with E-state index in [9.17, 15) is 22.8 Å². The molecule has 0 aliphatic rings. The van der Waals surface area contributed by atoms with E-state index >= 15 is 0 Å². The molecule has 3 aromatic rings. The van der Waals surface area contributed by atoms with E-state index in [4.69, 9.17) is 0 Å². The average molecular weight is 374 g/mol. The van der Waals surface area contributed by atoms with Crippen molar-refractivity contribution in [2.45, 2.75) is 6.92 Å². The minimum atomic E-state index is -1.11. The summed E-state index contributed by atoms with van der Waals surface area (Å²) in [7, 11) is 1.05. The Hall–Kier alpha value is -3.42. The molecular formula is C19H13F3N2O3. The zero-order valence-corrected chi connectivity index (χ0v) is 14.3. The largest absolute Gasteiger partial charge is 0.465 e. The highest BCUT2D eigenvalue weighted by molar-refractivity contribution is 6.12. The van der Waals surface area contributed by atoms with E-state index in [0.717, 1.165) is 13.2 Å². The van der Waals surface area contributed by atoms with E-state index < -0.39 is 40.6 Å². The lowest BCUT2D eigenvalue weighted by atomic mass is 10.1. The summed E-state index contributed by atoms with van der Waals surface area (Å²) in [4.78, 5) is 28.4. The molecule has 0 saturated carbocycles. The molecule has 0 bridgehead atoms. The molecule has 27 heavy (non-hydrogen) atoms. The number of esters is 1. The van der Waals surface area contributed by atoms with Crippen molar-refractivity contribution in [2.75, 3.05) is 12.4 Å². The molecule has 8 heteroatoms. The van der Waals surface area contributed by atoms with Gasteiger partial charge in [0.05, 0.1) is 29.4 Å². The van der Waals surface area contributed by atoms with Crippen LogP contribution in [0.3, 0.4) is 0 Å². The Kier molecular flexibility index (Phi) is 4.81. The van der Waals surface area contributed by atoms with Crippen molar-refractivity contribution in [3.63, 3.8) is 0 Å². The summed E-state index contributed by atoms with van der Waals surface area (Å²) in [5.74, 6) is -4.42. The number of aryl methyl sites for hydroxylation is 1. The van der Waals surface area contributed by atoms with Crippen LogP contribution in [0.15, 0.2) is 36.4 Å². The first-order chi connectivity index (χ1) is 12.8. The fourth-order valence-electron chi connectivity index (χ4n) is 2.62. The van der Waals surface area contributed by atoms with Gasteiger partial charge in [-0.1, -0.05) is 0 Å². The first-order valence-electron chi connectivity index (χ1n) is 7.75. The second-order valence-electron chi connectivity index (χ2n) is 5.73. The van der Waals surface area contributed by atoms with Gasteiger partial charge < -0.3 is 10.1 Å². The van der Waals surface area contributed by atoms with E-state index in [-0.39, 0.29) is 11.1 Å². The van der Waals surface area contributed by atoms with Crippen LogP contribution >= 0.6 is 0 Å². The van der Waals surface area contributed by atoms with Crippen LogP contribution in [0.1, 0.15) is 26.4 Å². The molecule has 1 N–H and O–H groups in total. The van der Waals surface area contributed by atoms with Gasteiger partial charge in [-0.25, -0.2) is 18.0 Å². The number of carbonyl (C=O) groups excluding carboxylic acids is 2.